The van der Waals surface area contributed by atoms with E-state index in [4.69, 9.17) is 10.8 Å². The standard InChI is InChI=1S/C15H14N2O4/c1-17(14(19)10-4-2-3-5-13(10)18)12-7-6-9(15(20)21)8-11(12)16/h2-8,18H,16H2,1H3,(H,20,21). The molecule has 4 N–H and O–H groups in total. The molecule has 0 fully saturated rings. The van der Waals surface area contributed by atoms with Crippen LogP contribution in [0.1, 0.15) is 20.7 Å². The predicted molar refractivity (Wildman–Crippen MR) is 78.7 cm³/mol. The summed E-state index contributed by atoms with van der Waals surface area (Å²) < 4.78 is 0. The van der Waals surface area contributed by atoms with Crippen LogP contribution in [0.4, 0.5) is 11.4 Å². The number of carboxylic acids is 1. The van der Waals surface area contributed by atoms with Crippen LogP contribution in [0.25, 0.3) is 0 Å². The Bertz CT molecular complexity index is 713. The number of benzene rings is 2. The van der Waals surface area contributed by atoms with Gasteiger partial charge in [-0.15, -0.1) is 0 Å². The minimum atomic E-state index is -1.09. The number of hydrogen-bond donors (Lipinski definition) is 3. The maximum atomic E-state index is 12.3. The number of nitrogens with zero attached hydrogens (tertiary/aromatic N) is 1. The van der Waals surface area contributed by atoms with Crippen LogP contribution >= 0.6 is 0 Å². The van der Waals surface area contributed by atoms with Crippen molar-refractivity contribution in [2.75, 3.05) is 17.7 Å². The molecular weight excluding hydrogens is 272 g/mol. The molecule has 0 radical (unpaired) electrons. The van der Waals surface area contributed by atoms with E-state index in [2.05, 4.69) is 0 Å². The lowest BCUT2D eigenvalue weighted by atomic mass is 10.1. The van der Waals surface area contributed by atoms with E-state index < -0.39 is 11.9 Å². The van der Waals surface area contributed by atoms with E-state index in [-0.39, 0.29) is 22.6 Å². The van der Waals surface area contributed by atoms with E-state index >= 15 is 0 Å². The summed E-state index contributed by atoms with van der Waals surface area (Å²) in [5, 5.41) is 18.6. The molecule has 0 aliphatic heterocycles. The lowest BCUT2D eigenvalue weighted by molar-refractivity contribution is 0.0696. The fourth-order valence-corrected chi connectivity index (χ4v) is 1.94. The van der Waals surface area contributed by atoms with Crippen LogP contribution in [-0.4, -0.2) is 29.1 Å². The Hall–Kier alpha value is -3.02. The van der Waals surface area contributed by atoms with Crippen LogP contribution in [0, 0.1) is 0 Å². The quantitative estimate of drug-likeness (QED) is 0.748. The van der Waals surface area contributed by atoms with Gasteiger partial charge in [-0.1, -0.05) is 12.1 Å². The summed E-state index contributed by atoms with van der Waals surface area (Å²) in [5.74, 6) is -1.67. The minimum absolute atomic E-state index is 0.0413. The zero-order valence-electron chi connectivity index (χ0n) is 11.3. The molecule has 21 heavy (non-hydrogen) atoms. The zero-order chi connectivity index (χ0) is 15.6. The number of hydrogen-bond acceptors (Lipinski definition) is 4. The summed E-state index contributed by atoms with van der Waals surface area (Å²) in [4.78, 5) is 24.5. The van der Waals surface area contributed by atoms with Crippen LogP contribution in [0.15, 0.2) is 42.5 Å². The Morgan fingerprint density at radius 1 is 1.14 bits per heavy atom. The van der Waals surface area contributed by atoms with E-state index in [0.717, 1.165) is 0 Å². The molecule has 0 aliphatic carbocycles. The van der Waals surface area contributed by atoms with Crippen molar-refractivity contribution in [1.29, 1.82) is 0 Å². The summed E-state index contributed by atoms with van der Waals surface area (Å²) >= 11 is 0. The van der Waals surface area contributed by atoms with Gasteiger partial charge >= 0.3 is 5.97 Å². The van der Waals surface area contributed by atoms with Crippen molar-refractivity contribution in [1.82, 2.24) is 0 Å². The van der Waals surface area contributed by atoms with Gasteiger partial charge in [-0.25, -0.2) is 4.79 Å². The predicted octanol–water partition coefficient (Wildman–Crippen LogP) is 1.95. The molecule has 0 spiro atoms. The Morgan fingerprint density at radius 3 is 2.38 bits per heavy atom. The lowest BCUT2D eigenvalue weighted by Gasteiger charge is -2.20. The summed E-state index contributed by atoms with van der Waals surface area (Å²) in [5.41, 5.74) is 6.51. The molecule has 0 heterocycles. The van der Waals surface area contributed by atoms with E-state index in [1.165, 1.54) is 42.3 Å². The zero-order valence-corrected chi connectivity index (χ0v) is 11.3. The van der Waals surface area contributed by atoms with Crippen LogP contribution in [-0.2, 0) is 0 Å². The second kappa shape index (κ2) is 5.54. The summed E-state index contributed by atoms with van der Waals surface area (Å²) in [6.07, 6.45) is 0. The largest absolute Gasteiger partial charge is 0.507 e. The number of amides is 1. The average Bonchev–Trinajstić information content (AvgIpc) is 2.46. The number of carbonyl (C=O) groups is 2. The number of nitrogens with two attached hydrogens (primary N) is 1. The Morgan fingerprint density at radius 2 is 1.81 bits per heavy atom. The molecule has 108 valence electrons. The third-order valence-corrected chi connectivity index (χ3v) is 3.07. The third-order valence-electron chi connectivity index (χ3n) is 3.07. The number of carboxylic acid groups (broad SMARTS) is 1. The molecule has 0 atom stereocenters. The highest BCUT2D eigenvalue weighted by atomic mass is 16.4. The van der Waals surface area contributed by atoms with Crippen LogP contribution in [0.5, 0.6) is 5.75 Å². The maximum absolute atomic E-state index is 12.3. The fourth-order valence-electron chi connectivity index (χ4n) is 1.94. The van der Waals surface area contributed by atoms with Gasteiger partial charge in [0.2, 0.25) is 0 Å². The van der Waals surface area contributed by atoms with E-state index in [1.807, 2.05) is 0 Å². The van der Waals surface area contributed by atoms with Crippen LogP contribution in [0.3, 0.4) is 0 Å². The molecule has 6 heteroatoms. The number of phenolic OH excluding ortho intramolecular Hbond substituents is 1. The molecule has 1 amide bonds. The molecular formula is C15H14N2O4. The number of rotatable bonds is 3. The number of carbonyl (C=O) groups excluding carboxylic acids is 1. The third kappa shape index (κ3) is 2.79. The first-order valence-corrected chi connectivity index (χ1v) is 6.10. The highest BCUT2D eigenvalue weighted by Gasteiger charge is 2.19. The van der Waals surface area contributed by atoms with Crippen molar-refractivity contribution in [3.63, 3.8) is 0 Å². The van der Waals surface area contributed by atoms with Gasteiger partial charge in [-0.05, 0) is 30.3 Å². The highest BCUT2D eigenvalue weighted by molar-refractivity contribution is 6.09. The van der Waals surface area contributed by atoms with Gasteiger partial charge in [-0.2, -0.15) is 0 Å². The van der Waals surface area contributed by atoms with E-state index in [9.17, 15) is 14.7 Å². The Kier molecular flexibility index (Phi) is 3.80. The molecule has 2 aromatic rings. The van der Waals surface area contributed by atoms with Gasteiger partial charge in [-0.3, -0.25) is 4.79 Å². The van der Waals surface area contributed by atoms with Gasteiger partial charge in [0, 0.05) is 7.05 Å². The van der Waals surface area contributed by atoms with Crippen molar-refractivity contribution in [2.45, 2.75) is 0 Å². The first-order valence-electron chi connectivity index (χ1n) is 6.10. The molecule has 2 rings (SSSR count). The van der Waals surface area contributed by atoms with Gasteiger partial charge in [0.05, 0.1) is 22.5 Å². The molecule has 0 aromatic heterocycles. The van der Waals surface area contributed by atoms with E-state index in [0.29, 0.717) is 5.69 Å². The normalized spacial score (nSPS) is 10.1. The second-order valence-corrected chi connectivity index (χ2v) is 4.46. The first-order chi connectivity index (χ1) is 9.91. The van der Waals surface area contributed by atoms with Gasteiger partial charge in [0.15, 0.2) is 0 Å². The SMILES string of the molecule is CN(C(=O)c1ccccc1O)c1ccc(C(=O)O)cc1N. The van der Waals surface area contributed by atoms with Gasteiger partial charge < -0.3 is 20.8 Å². The summed E-state index contributed by atoms with van der Waals surface area (Å²) in [7, 11) is 1.50. The van der Waals surface area contributed by atoms with Crippen molar-refractivity contribution in [3.05, 3.63) is 53.6 Å². The highest BCUT2D eigenvalue weighted by Crippen LogP contribution is 2.26. The van der Waals surface area contributed by atoms with Crippen LogP contribution in [0.2, 0.25) is 0 Å². The fraction of sp³-hybridized carbons (Fsp3) is 0.0667. The molecule has 2 aromatic carbocycles. The molecule has 6 nitrogen and oxygen atoms in total. The van der Waals surface area contributed by atoms with Crippen LogP contribution < -0.4 is 10.6 Å². The number of para-hydroxylation sites is 1. The topological polar surface area (TPSA) is 104 Å². The monoisotopic (exact) mass is 286 g/mol. The summed E-state index contributed by atoms with van der Waals surface area (Å²) in [6.45, 7) is 0. The number of aromatic hydroxyl groups is 1. The number of phenols is 1. The average molecular weight is 286 g/mol. The van der Waals surface area contributed by atoms with Gasteiger partial charge in [0.25, 0.3) is 5.91 Å². The van der Waals surface area contributed by atoms with Crippen molar-refractivity contribution < 1.29 is 19.8 Å². The molecule has 0 saturated heterocycles. The Labute approximate surface area is 121 Å². The maximum Gasteiger partial charge on any atom is 0.335 e. The number of nitrogen functional groups attached to an aromatic ring is 1. The molecule has 0 unspecified atom stereocenters. The number of anilines is 2. The molecule has 0 aliphatic rings. The minimum Gasteiger partial charge on any atom is -0.507 e. The lowest BCUT2D eigenvalue weighted by Crippen LogP contribution is -2.27. The first kappa shape index (κ1) is 14.4. The van der Waals surface area contributed by atoms with Gasteiger partial charge in [0.1, 0.15) is 5.75 Å². The Balaban J connectivity index is 2.36. The van der Waals surface area contributed by atoms with Crippen molar-refractivity contribution in [2.24, 2.45) is 0 Å². The van der Waals surface area contributed by atoms with Crippen molar-refractivity contribution in [3.8, 4) is 5.75 Å². The summed E-state index contributed by atoms with van der Waals surface area (Å²) in [6, 6.07) is 10.3. The molecule has 0 saturated carbocycles. The number of aromatic carboxylic acids is 1. The van der Waals surface area contributed by atoms with E-state index in [1.54, 1.807) is 12.1 Å². The second-order valence-electron chi connectivity index (χ2n) is 4.46. The van der Waals surface area contributed by atoms with Crippen molar-refractivity contribution >= 4 is 23.3 Å². The smallest absolute Gasteiger partial charge is 0.335 e. The molecule has 0 bridgehead atoms.